The number of hydrogen-bond donors (Lipinski definition) is 1. The molecule has 0 spiro atoms. The smallest absolute Gasteiger partial charge is 0.0453 e. The van der Waals surface area contributed by atoms with E-state index in [1.54, 1.807) is 0 Å². The number of likely N-dealkylation sites (N-methyl/N-ethyl adjacent to an activating group) is 1. The molecular formula is C19H18ClN. The van der Waals surface area contributed by atoms with Crippen molar-refractivity contribution in [1.29, 1.82) is 0 Å². The summed E-state index contributed by atoms with van der Waals surface area (Å²) in [4.78, 5) is 0. The van der Waals surface area contributed by atoms with Crippen LogP contribution in [-0.2, 0) is 6.42 Å². The summed E-state index contributed by atoms with van der Waals surface area (Å²) in [5.74, 6) is 0. The Morgan fingerprint density at radius 3 is 2.38 bits per heavy atom. The highest BCUT2D eigenvalue weighted by atomic mass is 35.5. The number of fused-ring (bicyclic) bond motifs is 1. The molecule has 1 nitrogen and oxygen atoms in total. The van der Waals surface area contributed by atoms with Gasteiger partial charge >= 0.3 is 0 Å². The second-order valence-corrected chi connectivity index (χ2v) is 5.66. The van der Waals surface area contributed by atoms with Crippen molar-refractivity contribution < 1.29 is 0 Å². The van der Waals surface area contributed by atoms with Crippen LogP contribution in [0.15, 0.2) is 66.7 Å². The molecule has 3 aromatic rings. The minimum absolute atomic E-state index is 0.222. The monoisotopic (exact) mass is 295 g/mol. The topological polar surface area (TPSA) is 12.0 Å². The van der Waals surface area contributed by atoms with E-state index in [4.69, 9.17) is 11.6 Å². The average molecular weight is 296 g/mol. The molecule has 0 aromatic heterocycles. The highest BCUT2D eigenvalue weighted by molar-refractivity contribution is 6.31. The molecule has 0 heterocycles. The van der Waals surface area contributed by atoms with Gasteiger partial charge in [0.15, 0.2) is 0 Å². The molecule has 1 atom stereocenters. The molecule has 2 heteroatoms. The zero-order chi connectivity index (χ0) is 14.7. The standard InChI is InChI=1S/C19H18ClN/c1-21-19(17-8-4-5-9-18(17)20)13-14-10-11-15-6-2-3-7-16(15)12-14/h2-12,19,21H,13H2,1H3. The lowest BCUT2D eigenvalue weighted by molar-refractivity contribution is 0.592. The predicted octanol–water partition coefficient (Wildman–Crippen LogP) is 5.00. The molecule has 0 saturated carbocycles. The number of benzene rings is 3. The molecule has 0 amide bonds. The van der Waals surface area contributed by atoms with Gasteiger partial charge in [-0.25, -0.2) is 0 Å². The van der Waals surface area contributed by atoms with E-state index < -0.39 is 0 Å². The highest BCUT2D eigenvalue weighted by Crippen LogP contribution is 2.26. The van der Waals surface area contributed by atoms with E-state index in [-0.39, 0.29) is 6.04 Å². The Kier molecular flexibility index (Phi) is 4.23. The van der Waals surface area contributed by atoms with Gasteiger partial charge in [-0.3, -0.25) is 0 Å². The van der Waals surface area contributed by atoms with E-state index in [9.17, 15) is 0 Å². The Hall–Kier alpha value is -1.83. The Balaban J connectivity index is 1.90. The van der Waals surface area contributed by atoms with Crippen molar-refractivity contribution in [3.63, 3.8) is 0 Å². The summed E-state index contributed by atoms with van der Waals surface area (Å²) in [6.45, 7) is 0. The molecule has 0 aliphatic carbocycles. The van der Waals surface area contributed by atoms with Crippen LogP contribution in [0.4, 0.5) is 0 Å². The van der Waals surface area contributed by atoms with Gasteiger partial charge in [0, 0.05) is 11.1 Å². The van der Waals surface area contributed by atoms with Crippen molar-refractivity contribution in [3.05, 3.63) is 82.9 Å². The molecule has 1 unspecified atom stereocenters. The van der Waals surface area contributed by atoms with Crippen LogP contribution in [0.5, 0.6) is 0 Å². The van der Waals surface area contributed by atoms with Crippen LogP contribution in [0.25, 0.3) is 10.8 Å². The van der Waals surface area contributed by atoms with Crippen molar-refractivity contribution in [2.45, 2.75) is 12.5 Å². The van der Waals surface area contributed by atoms with Gasteiger partial charge in [0.2, 0.25) is 0 Å². The van der Waals surface area contributed by atoms with Crippen LogP contribution in [0.2, 0.25) is 5.02 Å². The third-order valence-corrected chi connectivity index (χ3v) is 4.23. The largest absolute Gasteiger partial charge is 0.313 e. The first kappa shape index (κ1) is 14.1. The van der Waals surface area contributed by atoms with Gasteiger partial charge in [-0.05, 0) is 41.4 Å². The van der Waals surface area contributed by atoms with E-state index in [0.29, 0.717) is 0 Å². The van der Waals surface area contributed by atoms with Gasteiger partial charge in [-0.15, -0.1) is 0 Å². The molecule has 3 rings (SSSR count). The average Bonchev–Trinajstić information content (AvgIpc) is 2.53. The fourth-order valence-corrected chi connectivity index (χ4v) is 2.99. The fraction of sp³-hybridized carbons (Fsp3) is 0.158. The Labute approximate surface area is 130 Å². The Morgan fingerprint density at radius 1 is 0.905 bits per heavy atom. The zero-order valence-electron chi connectivity index (χ0n) is 12.0. The molecule has 106 valence electrons. The van der Waals surface area contributed by atoms with Crippen molar-refractivity contribution >= 4 is 22.4 Å². The lowest BCUT2D eigenvalue weighted by Gasteiger charge is -2.18. The number of hydrogen-bond acceptors (Lipinski definition) is 1. The number of nitrogens with one attached hydrogen (secondary N) is 1. The van der Waals surface area contributed by atoms with Gasteiger partial charge in [-0.2, -0.15) is 0 Å². The maximum absolute atomic E-state index is 6.32. The molecule has 21 heavy (non-hydrogen) atoms. The zero-order valence-corrected chi connectivity index (χ0v) is 12.8. The summed E-state index contributed by atoms with van der Waals surface area (Å²) in [7, 11) is 1.98. The summed E-state index contributed by atoms with van der Waals surface area (Å²) >= 11 is 6.32. The third kappa shape index (κ3) is 3.10. The third-order valence-electron chi connectivity index (χ3n) is 3.88. The van der Waals surface area contributed by atoms with Crippen molar-refractivity contribution in [3.8, 4) is 0 Å². The minimum atomic E-state index is 0.222. The predicted molar refractivity (Wildman–Crippen MR) is 90.9 cm³/mol. The van der Waals surface area contributed by atoms with Crippen LogP contribution >= 0.6 is 11.6 Å². The first-order valence-electron chi connectivity index (χ1n) is 7.17. The first-order valence-corrected chi connectivity index (χ1v) is 7.55. The van der Waals surface area contributed by atoms with E-state index in [1.165, 1.54) is 16.3 Å². The van der Waals surface area contributed by atoms with Crippen molar-refractivity contribution in [1.82, 2.24) is 5.32 Å². The highest BCUT2D eigenvalue weighted by Gasteiger charge is 2.13. The molecule has 1 N–H and O–H groups in total. The Bertz CT molecular complexity index is 751. The minimum Gasteiger partial charge on any atom is -0.313 e. The van der Waals surface area contributed by atoms with Gasteiger partial charge < -0.3 is 5.32 Å². The van der Waals surface area contributed by atoms with Gasteiger partial charge in [0.05, 0.1) is 0 Å². The van der Waals surface area contributed by atoms with E-state index >= 15 is 0 Å². The molecule has 3 aromatic carbocycles. The second-order valence-electron chi connectivity index (χ2n) is 5.25. The summed E-state index contributed by atoms with van der Waals surface area (Å²) in [6.07, 6.45) is 0.922. The van der Waals surface area contributed by atoms with Crippen LogP contribution < -0.4 is 5.32 Å². The summed E-state index contributed by atoms with van der Waals surface area (Å²) < 4.78 is 0. The quantitative estimate of drug-likeness (QED) is 0.714. The second kappa shape index (κ2) is 6.30. The molecular weight excluding hydrogens is 278 g/mol. The van der Waals surface area contributed by atoms with E-state index in [2.05, 4.69) is 53.8 Å². The normalized spacial score (nSPS) is 12.5. The van der Waals surface area contributed by atoms with Gasteiger partial charge in [0.25, 0.3) is 0 Å². The molecule has 0 saturated heterocycles. The number of rotatable bonds is 4. The van der Waals surface area contributed by atoms with Crippen LogP contribution in [0.3, 0.4) is 0 Å². The van der Waals surface area contributed by atoms with Crippen LogP contribution in [-0.4, -0.2) is 7.05 Å². The lowest BCUT2D eigenvalue weighted by Crippen LogP contribution is -2.19. The molecule has 0 fully saturated rings. The van der Waals surface area contributed by atoms with Crippen LogP contribution in [0, 0.1) is 0 Å². The van der Waals surface area contributed by atoms with E-state index in [1.807, 2.05) is 25.2 Å². The molecule has 0 aliphatic rings. The van der Waals surface area contributed by atoms with Gasteiger partial charge in [0.1, 0.15) is 0 Å². The lowest BCUT2D eigenvalue weighted by atomic mass is 9.97. The first-order chi connectivity index (χ1) is 10.3. The summed E-state index contributed by atoms with van der Waals surface area (Å²) in [6, 6.07) is 23.3. The van der Waals surface area contributed by atoms with Crippen molar-refractivity contribution in [2.75, 3.05) is 7.05 Å². The summed E-state index contributed by atoms with van der Waals surface area (Å²) in [5.41, 5.74) is 2.46. The fourth-order valence-electron chi connectivity index (χ4n) is 2.73. The molecule has 0 radical (unpaired) electrons. The maximum atomic E-state index is 6.32. The number of halogens is 1. The SMILES string of the molecule is CNC(Cc1ccc2ccccc2c1)c1ccccc1Cl. The molecule has 0 bridgehead atoms. The van der Waals surface area contributed by atoms with Crippen molar-refractivity contribution in [2.24, 2.45) is 0 Å². The van der Waals surface area contributed by atoms with Crippen LogP contribution in [0.1, 0.15) is 17.2 Å². The molecule has 0 aliphatic heterocycles. The maximum Gasteiger partial charge on any atom is 0.0453 e. The van der Waals surface area contributed by atoms with Gasteiger partial charge in [-0.1, -0.05) is 72.3 Å². The summed E-state index contributed by atoms with van der Waals surface area (Å²) in [5, 5.41) is 6.75. The van der Waals surface area contributed by atoms with E-state index in [0.717, 1.165) is 17.0 Å². The Morgan fingerprint density at radius 2 is 1.62 bits per heavy atom.